The summed E-state index contributed by atoms with van der Waals surface area (Å²) in [6.07, 6.45) is 0.745. The average Bonchev–Trinajstić information content (AvgIpc) is 3.25. The van der Waals surface area contributed by atoms with Gasteiger partial charge in [0.1, 0.15) is 16.7 Å². The maximum atomic E-state index is 12.5. The summed E-state index contributed by atoms with van der Waals surface area (Å²) in [5.41, 5.74) is 2.99. The first-order valence-corrected chi connectivity index (χ1v) is 9.90. The summed E-state index contributed by atoms with van der Waals surface area (Å²) in [5, 5.41) is 0. The fourth-order valence-electron chi connectivity index (χ4n) is 2.89. The third-order valence-corrected chi connectivity index (χ3v) is 5.73. The molecule has 1 fully saturated rings. The molecule has 1 aliphatic rings. The summed E-state index contributed by atoms with van der Waals surface area (Å²) in [5.74, 6) is 0.243. The molecule has 0 radical (unpaired) electrons. The first-order valence-electron chi connectivity index (χ1n) is 9.14. The third kappa shape index (κ3) is 4.58. The number of ether oxygens (including phenoxy) is 2. The van der Waals surface area contributed by atoms with E-state index in [1.807, 2.05) is 45.0 Å². The molecule has 0 amide bonds. The van der Waals surface area contributed by atoms with Gasteiger partial charge in [-0.1, -0.05) is 12.1 Å². The smallest absolute Gasteiger partial charge is 0.350 e. The molecule has 28 heavy (non-hydrogen) atoms. The number of nitrogens with zero attached hydrogens (tertiary/aromatic N) is 2. The van der Waals surface area contributed by atoms with E-state index in [1.54, 1.807) is 13.8 Å². The third-order valence-electron chi connectivity index (χ3n) is 4.89. The van der Waals surface area contributed by atoms with E-state index in [9.17, 15) is 4.79 Å². The van der Waals surface area contributed by atoms with Crippen LogP contribution in [-0.4, -0.2) is 25.9 Å². The highest BCUT2D eigenvalue weighted by atomic mass is 35.5. The maximum Gasteiger partial charge on any atom is 0.350 e. The van der Waals surface area contributed by atoms with Crippen molar-refractivity contribution in [2.45, 2.75) is 63.5 Å². The lowest BCUT2D eigenvalue weighted by molar-refractivity contribution is -0.160. The minimum absolute atomic E-state index is 0.0553. The highest BCUT2D eigenvalue weighted by Gasteiger charge is 2.52. The first-order chi connectivity index (χ1) is 13.0. The second-order valence-electron chi connectivity index (χ2n) is 7.70. The van der Waals surface area contributed by atoms with E-state index in [0.29, 0.717) is 11.4 Å². The molecule has 0 bridgehead atoms. The van der Waals surface area contributed by atoms with Crippen LogP contribution in [0.2, 0.25) is 0 Å². The van der Waals surface area contributed by atoms with Crippen LogP contribution in [0.25, 0.3) is 0 Å². The topological polar surface area (TPSA) is 61.3 Å². The molecule has 0 aliphatic heterocycles. The molecule has 1 aromatic carbocycles. The average molecular weight is 423 g/mol. The SMILES string of the molecule is Cc1nc(C)c(COC(=O)C(C)(C)Oc2ccc(C3CC3(Cl)Cl)cc2)nc1C. The van der Waals surface area contributed by atoms with Crippen LogP contribution in [0.5, 0.6) is 5.75 Å². The number of benzene rings is 1. The molecule has 2 aromatic rings. The number of carbonyl (C=O) groups excluding carboxylic acids is 1. The quantitative estimate of drug-likeness (QED) is 0.485. The Morgan fingerprint density at radius 3 is 2.25 bits per heavy atom. The van der Waals surface area contributed by atoms with E-state index in [2.05, 4.69) is 9.97 Å². The predicted molar refractivity (Wildman–Crippen MR) is 109 cm³/mol. The van der Waals surface area contributed by atoms with Crippen LogP contribution in [0.1, 0.15) is 54.5 Å². The van der Waals surface area contributed by atoms with Gasteiger partial charge in [-0.25, -0.2) is 4.79 Å². The van der Waals surface area contributed by atoms with Gasteiger partial charge in [-0.05, 0) is 58.7 Å². The van der Waals surface area contributed by atoms with Crippen molar-refractivity contribution in [3.05, 3.63) is 52.6 Å². The Labute approximate surface area is 175 Å². The molecule has 1 heterocycles. The predicted octanol–water partition coefficient (Wildman–Crippen LogP) is 4.96. The molecule has 1 aromatic heterocycles. The van der Waals surface area contributed by atoms with Gasteiger partial charge in [-0.15, -0.1) is 23.2 Å². The molecule has 1 aliphatic carbocycles. The van der Waals surface area contributed by atoms with Gasteiger partial charge in [-0.3, -0.25) is 9.97 Å². The van der Waals surface area contributed by atoms with Crippen molar-refractivity contribution in [1.29, 1.82) is 0 Å². The number of halogens is 2. The Kier molecular flexibility index (Phi) is 5.61. The minimum Gasteiger partial charge on any atom is -0.476 e. The highest BCUT2D eigenvalue weighted by Crippen LogP contribution is 2.59. The number of aryl methyl sites for hydroxylation is 3. The van der Waals surface area contributed by atoms with Crippen molar-refractivity contribution >= 4 is 29.2 Å². The van der Waals surface area contributed by atoms with Crippen LogP contribution < -0.4 is 4.74 Å². The Hall–Kier alpha value is -1.85. The summed E-state index contributed by atoms with van der Waals surface area (Å²) in [6.45, 7) is 9.03. The molecule has 0 spiro atoms. The number of carbonyl (C=O) groups is 1. The molecule has 3 rings (SSSR count). The van der Waals surface area contributed by atoms with Gasteiger partial charge in [-0.2, -0.15) is 0 Å². The van der Waals surface area contributed by atoms with E-state index in [1.165, 1.54) is 0 Å². The Morgan fingerprint density at radius 1 is 1.11 bits per heavy atom. The van der Waals surface area contributed by atoms with E-state index in [0.717, 1.165) is 29.1 Å². The number of aromatic nitrogens is 2. The maximum absolute atomic E-state index is 12.5. The molecule has 0 saturated heterocycles. The van der Waals surface area contributed by atoms with Crippen molar-refractivity contribution in [1.82, 2.24) is 9.97 Å². The van der Waals surface area contributed by atoms with Gasteiger partial charge >= 0.3 is 5.97 Å². The molecule has 5 nitrogen and oxygen atoms in total. The summed E-state index contributed by atoms with van der Waals surface area (Å²) in [7, 11) is 0. The van der Waals surface area contributed by atoms with Crippen molar-refractivity contribution in [3.8, 4) is 5.75 Å². The van der Waals surface area contributed by atoms with Crippen LogP contribution in [0.15, 0.2) is 24.3 Å². The van der Waals surface area contributed by atoms with E-state index in [-0.39, 0.29) is 12.5 Å². The molecule has 150 valence electrons. The lowest BCUT2D eigenvalue weighted by Crippen LogP contribution is -2.39. The summed E-state index contributed by atoms with van der Waals surface area (Å²) >= 11 is 12.2. The number of rotatable bonds is 6. The van der Waals surface area contributed by atoms with Gasteiger partial charge in [0.05, 0.1) is 22.8 Å². The monoisotopic (exact) mass is 422 g/mol. The lowest BCUT2D eigenvalue weighted by Gasteiger charge is -2.24. The second-order valence-corrected chi connectivity index (χ2v) is 9.24. The second kappa shape index (κ2) is 7.53. The van der Waals surface area contributed by atoms with Gasteiger partial charge in [0.2, 0.25) is 0 Å². The Morgan fingerprint density at radius 2 is 1.68 bits per heavy atom. The van der Waals surface area contributed by atoms with Crippen molar-refractivity contribution < 1.29 is 14.3 Å². The van der Waals surface area contributed by atoms with E-state index in [4.69, 9.17) is 32.7 Å². The van der Waals surface area contributed by atoms with Crippen LogP contribution in [0.3, 0.4) is 0 Å². The molecule has 1 unspecified atom stereocenters. The van der Waals surface area contributed by atoms with Gasteiger partial charge < -0.3 is 9.47 Å². The number of esters is 1. The van der Waals surface area contributed by atoms with Crippen molar-refractivity contribution in [2.24, 2.45) is 0 Å². The number of alkyl halides is 2. The fraction of sp³-hybridized carbons (Fsp3) is 0.476. The summed E-state index contributed by atoms with van der Waals surface area (Å²) < 4.78 is 10.6. The molecular weight excluding hydrogens is 399 g/mol. The van der Waals surface area contributed by atoms with E-state index < -0.39 is 15.9 Å². The number of hydrogen-bond acceptors (Lipinski definition) is 5. The first kappa shape index (κ1) is 20.9. The van der Waals surface area contributed by atoms with Crippen LogP contribution >= 0.6 is 23.2 Å². The van der Waals surface area contributed by atoms with Gasteiger partial charge in [0.15, 0.2) is 5.60 Å². The molecule has 0 N–H and O–H groups in total. The largest absolute Gasteiger partial charge is 0.476 e. The fourth-order valence-corrected chi connectivity index (χ4v) is 3.45. The number of hydrogen-bond donors (Lipinski definition) is 0. The Balaban J connectivity index is 1.61. The van der Waals surface area contributed by atoms with Crippen molar-refractivity contribution in [3.63, 3.8) is 0 Å². The molecule has 7 heteroatoms. The zero-order chi connectivity index (χ0) is 20.7. The zero-order valence-corrected chi connectivity index (χ0v) is 18.2. The Bertz CT molecular complexity index is 895. The molecular formula is C21H24Cl2N2O3. The summed E-state index contributed by atoms with van der Waals surface area (Å²) in [4.78, 5) is 21.4. The van der Waals surface area contributed by atoms with E-state index >= 15 is 0 Å². The standard InChI is InChI=1S/C21H24Cl2N2O3/c1-12-13(2)25-18(14(3)24-12)11-27-19(26)20(4,5)28-16-8-6-15(7-9-16)17-10-21(17,22)23/h6-9,17H,10-11H2,1-5H3. The van der Waals surface area contributed by atoms with Crippen LogP contribution in [0, 0.1) is 20.8 Å². The lowest BCUT2D eigenvalue weighted by atomic mass is 10.1. The van der Waals surface area contributed by atoms with Crippen molar-refractivity contribution in [2.75, 3.05) is 0 Å². The highest BCUT2D eigenvalue weighted by molar-refractivity contribution is 6.51. The molecule has 1 atom stereocenters. The zero-order valence-electron chi connectivity index (χ0n) is 16.7. The molecule has 1 saturated carbocycles. The van der Waals surface area contributed by atoms with Gasteiger partial charge in [0.25, 0.3) is 0 Å². The van der Waals surface area contributed by atoms with Crippen LogP contribution in [0.4, 0.5) is 0 Å². The van der Waals surface area contributed by atoms with Gasteiger partial charge in [0, 0.05) is 5.92 Å². The normalized spacial score (nSPS) is 17.9. The van der Waals surface area contributed by atoms with Crippen LogP contribution in [-0.2, 0) is 16.1 Å². The summed E-state index contributed by atoms with van der Waals surface area (Å²) in [6, 6.07) is 7.46. The minimum atomic E-state index is -1.15.